The van der Waals surface area contributed by atoms with Crippen molar-refractivity contribution in [1.29, 1.82) is 0 Å². The van der Waals surface area contributed by atoms with Crippen LogP contribution in [0.25, 0.3) is 0 Å². The minimum atomic E-state index is 0.510. The van der Waals surface area contributed by atoms with Gasteiger partial charge >= 0.3 is 0 Å². The summed E-state index contributed by atoms with van der Waals surface area (Å²) in [6.07, 6.45) is 0. The second-order valence-corrected chi connectivity index (χ2v) is 6.27. The van der Waals surface area contributed by atoms with Gasteiger partial charge in [-0.2, -0.15) is 0 Å². The molecule has 2 aromatic carbocycles. The van der Waals surface area contributed by atoms with Crippen molar-refractivity contribution in [2.24, 2.45) is 11.7 Å². The Balaban J connectivity index is 1.72. The van der Waals surface area contributed by atoms with Crippen LogP contribution in [-0.4, -0.2) is 24.5 Å². The molecule has 0 bridgehead atoms. The predicted molar refractivity (Wildman–Crippen MR) is 88.5 cm³/mol. The molecule has 1 heterocycles. The fraction of sp³-hybridized carbons (Fsp3) is 0.333. The molecule has 2 atom stereocenters. The van der Waals surface area contributed by atoms with Gasteiger partial charge in [-0.1, -0.05) is 54.1 Å². The highest BCUT2D eigenvalue weighted by atomic mass is 35.5. The number of rotatable bonds is 4. The molecular formula is C18H21ClN2. The molecule has 0 aliphatic carbocycles. The smallest absolute Gasteiger partial charge is 0.0406 e. The average Bonchev–Trinajstić information content (AvgIpc) is 2.92. The summed E-state index contributed by atoms with van der Waals surface area (Å²) in [6.45, 7) is 3.87. The van der Waals surface area contributed by atoms with Gasteiger partial charge in [0, 0.05) is 30.6 Å². The summed E-state index contributed by atoms with van der Waals surface area (Å²) in [7, 11) is 0. The zero-order chi connectivity index (χ0) is 14.7. The van der Waals surface area contributed by atoms with Crippen LogP contribution in [0.2, 0.25) is 5.02 Å². The minimum Gasteiger partial charge on any atom is -0.330 e. The first-order valence-electron chi connectivity index (χ1n) is 7.48. The van der Waals surface area contributed by atoms with Crippen molar-refractivity contribution in [1.82, 2.24) is 4.90 Å². The molecule has 0 amide bonds. The van der Waals surface area contributed by atoms with Crippen molar-refractivity contribution in [3.8, 4) is 0 Å². The Bertz CT molecular complexity index is 568. The summed E-state index contributed by atoms with van der Waals surface area (Å²) in [5.74, 6) is 1.03. The van der Waals surface area contributed by atoms with Gasteiger partial charge in [-0.15, -0.1) is 0 Å². The maximum absolute atomic E-state index is 5.99. The monoisotopic (exact) mass is 300 g/mol. The van der Waals surface area contributed by atoms with Gasteiger partial charge in [-0.3, -0.25) is 4.90 Å². The topological polar surface area (TPSA) is 29.3 Å². The van der Waals surface area contributed by atoms with Crippen LogP contribution in [0, 0.1) is 5.92 Å². The molecular weight excluding hydrogens is 280 g/mol. The molecule has 1 aliphatic heterocycles. The number of benzene rings is 2. The summed E-state index contributed by atoms with van der Waals surface area (Å²) >= 11 is 5.99. The van der Waals surface area contributed by atoms with E-state index in [2.05, 4.69) is 47.4 Å². The maximum atomic E-state index is 5.99. The van der Waals surface area contributed by atoms with Gasteiger partial charge in [-0.05, 0) is 35.7 Å². The minimum absolute atomic E-state index is 0.510. The van der Waals surface area contributed by atoms with E-state index in [0.717, 1.165) is 31.2 Å². The zero-order valence-corrected chi connectivity index (χ0v) is 12.8. The van der Waals surface area contributed by atoms with Gasteiger partial charge in [0.1, 0.15) is 0 Å². The lowest BCUT2D eigenvalue weighted by Gasteiger charge is -2.17. The van der Waals surface area contributed by atoms with Crippen LogP contribution in [0.15, 0.2) is 54.6 Å². The van der Waals surface area contributed by atoms with Gasteiger partial charge in [0.15, 0.2) is 0 Å². The van der Waals surface area contributed by atoms with Crippen LogP contribution in [0.3, 0.4) is 0 Å². The Morgan fingerprint density at radius 1 is 1.00 bits per heavy atom. The lowest BCUT2D eigenvalue weighted by Crippen LogP contribution is -2.23. The quantitative estimate of drug-likeness (QED) is 0.936. The number of hydrogen-bond donors (Lipinski definition) is 1. The molecule has 0 radical (unpaired) electrons. The predicted octanol–water partition coefficient (Wildman–Crippen LogP) is 3.51. The van der Waals surface area contributed by atoms with E-state index in [-0.39, 0.29) is 0 Å². The normalized spacial score (nSPS) is 22.6. The van der Waals surface area contributed by atoms with Crippen molar-refractivity contribution < 1.29 is 0 Å². The fourth-order valence-corrected chi connectivity index (χ4v) is 3.38. The van der Waals surface area contributed by atoms with E-state index in [9.17, 15) is 0 Å². The Hall–Kier alpha value is -1.35. The number of nitrogens with two attached hydrogens (primary N) is 1. The summed E-state index contributed by atoms with van der Waals surface area (Å²) < 4.78 is 0. The third-order valence-electron chi connectivity index (χ3n) is 4.37. The van der Waals surface area contributed by atoms with Crippen LogP contribution in [-0.2, 0) is 6.54 Å². The first kappa shape index (κ1) is 14.6. The first-order valence-corrected chi connectivity index (χ1v) is 7.86. The van der Waals surface area contributed by atoms with Gasteiger partial charge in [0.2, 0.25) is 0 Å². The highest BCUT2D eigenvalue weighted by Crippen LogP contribution is 2.33. The van der Waals surface area contributed by atoms with Crippen molar-refractivity contribution in [2.75, 3.05) is 19.6 Å². The SMILES string of the molecule is NCC1CN(Cc2ccccc2)CC1c1ccc(Cl)cc1. The Kier molecular flexibility index (Phi) is 4.59. The summed E-state index contributed by atoms with van der Waals surface area (Å²) in [6, 6.07) is 18.9. The van der Waals surface area contributed by atoms with Gasteiger partial charge in [-0.25, -0.2) is 0 Å². The Morgan fingerprint density at radius 3 is 2.38 bits per heavy atom. The fourth-order valence-electron chi connectivity index (χ4n) is 3.26. The molecule has 2 N–H and O–H groups in total. The molecule has 110 valence electrons. The largest absolute Gasteiger partial charge is 0.330 e. The summed E-state index contributed by atoms with van der Waals surface area (Å²) in [5, 5.41) is 0.794. The molecule has 21 heavy (non-hydrogen) atoms. The summed E-state index contributed by atoms with van der Waals surface area (Å²) in [4.78, 5) is 2.51. The number of likely N-dealkylation sites (tertiary alicyclic amines) is 1. The van der Waals surface area contributed by atoms with Crippen LogP contribution in [0.4, 0.5) is 0 Å². The van der Waals surface area contributed by atoms with Gasteiger partial charge in [0.25, 0.3) is 0 Å². The van der Waals surface area contributed by atoms with E-state index in [1.807, 2.05) is 12.1 Å². The highest BCUT2D eigenvalue weighted by molar-refractivity contribution is 6.30. The van der Waals surface area contributed by atoms with Gasteiger partial charge in [0.05, 0.1) is 0 Å². The van der Waals surface area contributed by atoms with E-state index in [1.165, 1.54) is 11.1 Å². The average molecular weight is 301 g/mol. The Labute approximate surface area is 131 Å². The van der Waals surface area contributed by atoms with E-state index < -0.39 is 0 Å². The molecule has 1 fully saturated rings. The van der Waals surface area contributed by atoms with Crippen molar-refractivity contribution in [3.05, 3.63) is 70.7 Å². The van der Waals surface area contributed by atoms with E-state index in [1.54, 1.807) is 0 Å². The first-order chi connectivity index (χ1) is 10.3. The maximum Gasteiger partial charge on any atom is 0.0406 e. The molecule has 0 spiro atoms. The lowest BCUT2D eigenvalue weighted by molar-refractivity contribution is 0.317. The molecule has 2 aromatic rings. The molecule has 1 saturated heterocycles. The Morgan fingerprint density at radius 2 is 1.71 bits per heavy atom. The van der Waals surface area contributed by atoms with Crippen molar-refractivity contribution in [2.45, 2.75) is 12.5 Å². The molecule has 3 rings (SSSR count). The summed E-state index contributed by atoms with van der Waals surface area (Å²) in [5.41, 5.74) is 8.71. The molecule has 2 unspecified atom stereocenters. The highest BCUT2D eigenvalue weighted by Gasteiger charge is 2.32. The van der Waals surface area contributed by atoms with Crippen LogP contribution in [0.5, 0.6) is 0 Å². The lowest BCUT2D eigenvalue weighted by atomic mass is 9.89. The second kappa shape index (κ2) is 6.61. The third kappa shape index (κ3) is 3.46. The van der Waals surface area contributed by atoms with Crippen LogP contribution >= 0.6 is 11.6 Å². The van der Waals surface area contributed by atoms with E-state index in [4.69, 9.17) is 17.3 Å². The number of halogens is 1. The number of nitrogens with zero attached hydrogens (tertiary/aromatic N) is 1. The number of hydrogen-bond acceptors (Lipinski definition) is 2. The third-order valence-corrected chi connectivity index (χ3v) is 4.62. The van der Waals surface area contributed by atoms with E-state index in [0.29, 0.717) is 11.8 Å². The standard InChI is InChI=1S/C18H21ClN2/c19-17-8-6-15(7-9-17)18-13-21(12-16(18)10-20)11-14-4-2-1-3-5-14/h1-9,16,18H,10-13,20H2. The molecule has 3 heteroatoms. The molecule has 2 nitrogen and oxygen atoms in total. The van der Waals surface area contributed by atoms with Crippen molar-refractivity contribution >= 4 is 11.6 Å². The van der Waals surface area contributed by atoms with Gasteiger partial charge < -0.3 is 5.73 Å². The zero-order valence-electron chi connectivity index (χ0n) is 12.1. The van der Waals surface area contributed by atoms with Crippen molar-refractivity contribution in [3.63, 3.8) is 0 Å². The molecule has 1 aliphatic rings. The van der Waals surface area contributed by atoms with Crippen LogP contribution < -0.4 is 5.73 Å². The molecule has 0 aromatic heterocycles. The second-order valence-electron chi connectivity index (χ2n) is 5.83. The molecule has 0 saturated carbocycles. The van der Waals surface area contributed by atoms with E-state index >= 15 is 0 Å². The van der Waals surface area contributed by atoms with Crippen LogP contribution in [0.1, 0.15) is 17.0 Å².